The second kappa shape index (κ2) is 4.63. The van der Waals surface area contributed by atoms with Gasteiger partial charge in [-0.05, 0) is 25.2 Å². The smallest absolute Gasteiger partial charge is 0.333 e. The Labute approximate surface area is 86.3 Å². The van der Waals surface area contributed by atoms with Gasteiger partial charge in [0.1, 0.15) is 6.10 Å². The monoisotopic (exact) mass is 196 g/mol. The first-order valence-corrected chi connectivity index (χ1v) is 5.46. The number of allylic oxidation sites excluding steroid dienone is 1. The molecular weight excluding hydrogens is 176 g/mol. The number of hydrogen-bond donors (Lipinski definition) is 0. The molecule has 2 nitrogen and oxygen atoms in total. The average Bonchev–Trinajstić information content (AvgIpc) is 2.19. The standard InChI is InChI=1S/C12H20O2/c1-5-8(3)11-9(4)7-10(6-2)12(13)14-11/h6,8-9,11H,5,7H2,1-4H3/b10-6-. The number of carbonyl (C=O) groups is 1. The second-order valence-electron chi connectivity index (χ2n) is 4.25. The highest BCUT2D eigenvalue weighted by molar-refractivity contribution is 5.89. The molecule has 1 aliphatic rings. The minimum Gasteiger partial charge on any atom is -0.458 e. The molecule has 0 radical (unpaired) electrons. The molecule has 0 saturated carbocycles. The zero-order valence-electron chi connectivity index (χ0n) is 9.54. The molecule has 0 aliphatic carbocycles. The third kappa shape index (κ3) is 2.17. The Bertz CT molecular complexity index is 243. The van der Waals surface area contributed by atoms with Crippen molar-refractivity contribution in [3.05, 3.63) is 11.6 Å². The number of hydrogen-bond acceptors (Lipinski definition) is 2. The summed E-state index contributed by atoms with van der Waals surface area (Å²) in [5.74, 6) is 0.803. The highest BCUT2D eigenvalue weighted by Crippen LogP contribution is 2.30. The molecule has 0 spiro atoms. The van der Waals surface area contributed by atoms with Crippen LogP contribution in [0.5, 0.6) is 0 Å². The van der Waals surface area contributed by atoms with Gasteiger partial charge in [0.2, 0.25) is 0 Å². The van der Waals surface area contributed by atoms with Gasteiger partial charge in [-0.15, -0.1) is 0 Å². The normalized spacial score (nSPS) is 32.9. The van der Waals surface area contributed by atoms with Gasteiger partial charge >= 0.3 is 5.97 Å². The Balaban J connectivity index is 2.71. The van der Waals surface area contributed by atoms with E-state index < -0.39 is 0 Å². The molecule has 0 amide bonds. The van der Waals surface area contributed by atoms with Gasteiger partial charge in [0.25, 0.3) is 0 Å². The molecule has 14 heavy (non-hydrogen) atoms. The lowest BCUT2D eigenvalue weighted by Gasteiger charge is -2.33. The molecule has 3 atom stereocenters. The maximum Gasteiger partial charge on any atom is 0.333 e. The van der Waals surface area contributed by atoms with Crippen molar-refractivity contribution in [1.29, 1.82) is 0 Å². The molecule has 1 heterocycles. The van der Waals surface area contributed by atoms with Crippen LogP contribution in [0.3, 0.4) is 0 Å². The summed E-state index contributed by atoms with van der Waals surface area (Å²) in [6.45, 7) is 8.34. The fourth-order valence-electron chi connectivity index (χ4n) is 2.01. The second-order valence-corrected chi connectivity index (χ2v) is 4.25. The van der Waals surface area contributed by atoms with E-state index in [0.717, 1.165) is 18.4 Å². The largest absolute Gasteiger partial charge is 0.458 e. The average molecular weight is 196 g/mol. The minimum atomic E-state index is -0.115. The van der Waals surface area contributed by atoms with Crippen LogP contribution in [0, 0.1) is 11.8 Å². The van der Waals surface area contributed by atoms with Crippen LogP contribution in [-0.2, 0) is 9.53 Å². The van der Waals surface area contributed by atoms with Crippen molar-refractivity contribution in [3.8, 4) is 0 Å². The van der Waals surface area contributed by atoms with Gasteiger partial charge in [-0.1, -0.05) is 33.3 Å². The lowest BCUT2D eigenvalue weighted by molar-refractivity contribution is -0.154. The summed E-state index contributed by atoms with van der Waals surface area (Å²) in [6.07, 6.45) is 3.90. The summed E-state index contributed by atoms with van der Waals surface area (Å²) >= 11 is 0. The third-order valence-corrected chi connectivity index (χ3v) is 3.16. The van der Waals surface area contributed by atoms with E-state index in [-0.39, 0.29) is 12.1 Å². The molecule has 0 N–H and O–H groups in total. The van der Waals surface area contributed by atoms with E-state index in [1.54, 1.807) is 0 Å². The molecule has 0 aromatic carbocycles. The summed E-state index contributed by atoms with van der Waals surface area (Å²) in [7, 11) is 0. The predicted octanol–water partition coefficient (Wildman–Crippen LogP) is 2.93. The first-order valence-electron chi connectivity index (χ1n) is 5.46. The van der Waals surface area contributed by atoms with Gasteiger partial charge in [0, 0.05) is 5.57 Å². The summed E-state index contributed by atoms with van der Waals surface area (Å²) in [6, 6.07) is 0. The van der Waals surface area contributed by atoms with Gasteiger partial charge in [-0.25, -0.2) is 4.79 Å². The molecule has 0 bridgehead atoms. The molecular formula is C12H20O2. The zero-order chi connectivity index (χ0) is 10.7. The van der Waals surface area contributed by atoms with Crippen molar-refractivity contribution >= 4 is 5.97 Å². The summed E-state index contributed by atoms with van der Waals surface area (Å²) < 4.78 is 5.45. The van der Waals surface area contributed by atoms with E-state index in [0.29, 0.717) is 11.8 Å². The lowest BCUT2D eigenvalue weighted by atomic mass is 9.85. The minimum absolute atomic E-state index is 0.108. The molecule has 0 aromatic heterocycles. The van der Waals surface area contributed by atoms with E-state index in [1.165, 1.54) is 0 Å². The van der Waals surface area contributed by atoms with Crippen molar-refractivity contribution in [3.63, 3.8) is 0 Å². The molecule has 3 unspecified atom stereocenters. The predicted molar refractivity (Wildman–Crippen MR) is 56.9 cm³/mol. The molecule has 1 fully saturated rings. The Morgan fingerprint density at radius 3 is 2.79 bits per heavy atom. The summed E-state index contributed by atoms with van der Waals surface area (Å²) in [5, 5.41) is 0. The molecule has 1 aliphatic heterocycles. The van der Waals surface area contributed by atoms with Crippen LogP contribution in [0.4, 0.5) is 0 Å². The zero-order valence-corrected chi connectivity index (χ0v) is 9.54. The van der Waals surface area contributed by atoms with Crippen molar-refractivity contribution in [2.75, 3.05) is 0 Å². The summed E-state index contributed by atoms with van der Waals surface area (Å²) in [4.78, 5) is 11.5. The number of esters is 1. The quantitative estimate of drug-likeness (QED) is 0.501. The number of ether oxygens (including phenoxy) is 1. The van der Waals surface area contributed by atoms with Crippen molar-refractivity contribution in [1.82, 2.24) is 0 Å². The Kier molecular flexibility index (Phi) is 3.73. The fraction of sp³-hybridized carbons (Fsp3) is 0.750. The van der Waals surface area contributed by atoms with E-state index in [2.05, 4.69) is 20.8 Å². The lowest BCUT2D eigenvalue weighted by Crippen LogP contribution is -2.37. The van der Waals surface area contributed by atoms with E-state index >= 15 is 0 Å². The van der Waals surface area contributed by atoms with Gasteiger partial charge in [0.15, 0.2) is 0 Å². The highest BCUT2D eigenvalue weighted by Gasteiger charge is 2.33. The maximum atomic E-state index is 11.5. The Hall–Kier alpha value is -0.790. The number of carbonyl (C=O) groups excluding carboxylic acids is 1. The van der Waals surface area contributed by atoms with Gasteiger partial charge < -0.3 is 4.74 Å². The SMILES string of the molecule is C/C=C1/CC(C)C(C(C)CC)OC1=O. The van der Waals surface area contributed by atoms with E-state index in [4.69, 9.17) is 4.74 Å². The molecule has 2 heteroatoms. The van der Waals surface area contributed by atoms with Gasteiger partial charge in [-0.3, -0.25) is 0 Å². The summed E-state index contributed by atoms with van der Waals surface area (Å²) in [5.41, 5.74) is 0.831. The van der Waals surface area contributed by atoms with Gasteiger partial charge in [-0.2, -0.15) is 0 Å². The third-order valence-electron chi connectivity index (χ3n) is 3.16. The maximum absolute atomic E-state index is 11.5. The van der Waals surface area contributed by atoms with Crippen LogP contribution in [0.1, 0.15) is 40.5 Å². The van der Waals surface area contributed by atoms with Crippen LogP contribution in [-0.4, -0.2) is 12.1 Å². The fourth-order valence-corrected chi connectivity index (χ4v) is 2.01. The number of rotatable bonds is 2. The van der Waals surface area contributed by atoms with Crippen LogP contribution in [0.2, 0.25) is 0 Å². The number of cyclic esters (lactones) is 1. The van der Waals surface area contributed by atoms with E-state index in [9.17, 15) is 4.79 Å². The molecule has 0 aromatic rings. The molecule has 80 valence electrons. The van der Waals surface area contributed by atoms with Crippen LogP contribution in [0.25, 0.3) is 0 Å². The van der Waals surface area contributed by atoms with E-state index in [1.807, 2.05) is 13.0 Å². The topological polar surface area (TPSA) is 26.3 Å². The van der Waals surface area contributed by atoms with Crippen molar-refractivity contribution in [2.45, 2.75) is 46.6 Å². The van der Waals surface area contributed by atoms with Crippen molar-refractivity contribution < 1.29 is 9.53 Å². The van der Waals surface area contributed by atoms with Crippen molar-refractivity contribution in [2.24, 2.45) is 11.8 Å². The molecule has 1 saturated heterocycles. The highest BCUT2D eigenvalue weighted by atomic mass is 16.5. The van der Waals surface area contributed by atoms with Crippen LogP contribution >= 0.6 is 0 Å². The van der Waals surface area contributed by atoms with Gasteiger partial charge in [0.05, 0.1) is 0 Å². The first-order chi connectivity index (χ1) is 6.60. The Morgan fingerprint density at radius 1 is 1.64 bits per heavy atom. The molecule has 1 rings (SSSR count). The first kappa shape index (κ1) is 11.3. The Morgan fingerprint density at radius 2 is 2.29 bits per heavy atom. The van der Waals surface area contributed by atoms with Crippen LogP contribution < -0.4 is 0 Å². The van der Waals surface area contributed by atoms with Crippen LogP contribution in [0.15, 0.2) is 11.6 Å².